The minimum atomic E-state index is 0.535. The second-order valence-electron chi connectivity index (χ2n) is 3.88. The molecule has 0 saturated heterocycles. The van der Waals surface area contributed by atoms with Crippen molar-refractivity contribution in [1.82, 2.24) is 5.32 Å². The van der Waals surface area contributed by atoms with Crippen LogP contribution in [-0.2, 0) is 6.54 Å². The van der Waals surface area contributed by atoms with Crippen molar-refractivity contribution in [3.63, 3.8) is 0 Å². The number of rotatable bonds is 6. The van der Waals surface area contributed by atoms with Gasteiger partial charge in [0, 0.05) is 12.6 Å². The molecule has 0 saturated carbocycles. The van der Waals surface area contributed by atoms with Gasteiger partial charge in [0.15, 0.2) is 11.5 Å². The number of benzene rings is 1. The Morgan fingerprint density at radius 3 is 2.44 bits per heavy atom. The molecule has 16 heavy (non-hydrogen) atoms. The van der Waals surface area contributed by atoms with Crippen LogP contribution < -0.4 is 14.8 Å². The lowest BCUT2D eigenvalue weighted by Gasteiger charge is -2.13. The smallest absolute Gasteiger partial charge is 0.161 e. The van der Waals surface area contributed by atoms with Gasteiger partial charge in [-0.05, 0) is 31.0 Å². The molecule has 0 aliphatic carbocycles. The van der Waals surface area contributed by atoms with Gasteiger partial charge in [-0.2, -0.15) is 0 Å². The quantitative estimate of drug-likeness (QED) is 0.804. The van der Waals surface area contributed by atoms with Gasteiger partial charge in [-0.1, -0.05) is 13.0 Å². The third kappa shape index (κ3) is 3.42. The van der Waals surface area contributed by atoms with Crippen LogP contribution in [0.3, 0.4) is 0 Å². The topological polar surface area (TPSA) is 30.5 Å². The van der Waals surface area contributed by atoms with Gasteiger partial charge in [0.2, 0.25) is 0 Å². The van der Waals surface area contributed by atoms with E-state index in [0.29, 0.717) is 6.04 Å². The largest absolute Gasteiger partial charge is 0.493 e. The lowest BCUT2D eigenvalue weighted by Crippen LogP contribution is -2.24. The maximum Gasteiger partial charge on any atom is 0.161 e. The Morgan fingerprint density at radius 1 is 1.19 bits per heavy atom. The monoisotopic (exact) mass is 223 g/mol. The summed E-state index contributed by atoms with van der Waals surface area (Å²) in [6.07, 6.45) is 1.13. The molecule has 1 rings (SSSR count). The normalized spacial score (nSPS) is 12.2. The van der Waals surface area contributed by atoms with E-state index in [2.05, 4.69) is 25.2 Å². The number of nitrogens with one attached hydrogen (secondary N) is 1. The van der Waals surface area contributed by atoms with E-state index in [-0.39, 0.29) is 0 Å². The van der Waals surface area contributed by atoms with Crippen molar-refractivity contribution >= 4 is 0 Å². The summed E-state index contributed by atoms with van der Waals surface area (Å²) >= 11 is 0. The SMILES string of the molecule is CC[C@H](C)NCc1ccc(OC)c(OC)c1. The van der Waals surface area contributed by atoms with Crippen molar-refractivity contribution in [2.45, 2.75) is 32.9 Å². The Morgan fingerprint density at radius 2 is 1.88 bits per heavy atom. The average Bonchev–Trinajstić information content (AvgIpc) is 2.35. The summed E-state index contributed by atoms with van der Waals surface area (Å²) in [4.78, 5) is 0. The lowest BCUT2D eigenvalue weighted by atomic mass is 10.2. The highest BCUT2D eigenvalue weighted by molar-refractivity contribution is 5.42. The summed E-state index contributed by atoms with van der Waals surface area (Å²) < 4.78 is 10.4. The first-order valence-corrected chi connectivity index (χ1v) is 5.65. The number of ether oxygens (including phenoxy) is 2. The molecule has 0 aliphatic heterocycles. The molecule has 90 valence electrons. The molecule has 0 heterocycles. The van der Waals surface area contributed by atoms with Gasteiger partial charge < -0.3 is 14.8 Å². The third-order valence-corrected chi connectivity index (χ3v) is 2.71. The maximum atomic E-state index is 5.26. The molecule has 0 radical (unpaired) electrons. The zero-order valence-electron chi connectivity index (χ0n) is 10.5. The Hall–Kier alpha value is -1.22. The molecule has 3 heteroatoms. The summed E-state index contributed by atoms with van der Waals surface area (Å²) in [5.74, 6) is 1.56. The van der Waals surface area contributed by atoms with Crippen LogP contribution in [-0.4, -0.2) is 20.3 Å². The van der Waals surface area contributed by atoms with Crippen LogP contribution in [0.25, 0.3) is 0 Å². The molecule has 1 atom stereocenters. The molecule has 0 amide bonds. The zero-order valence-corrected chi connectivity index (χ0v) is 10.5. The number of hydrogen-bond acceptors (Lipinski definition) is 3. The molecule has 3 nitrogen and oxygen atoms in total. The van der Waals surface area contributed by atoms with Crippen molar-refractivity contribution in [3.05, 3.63) is 23.8 Å². The fourth-order valence-electron chi connectivity index (χ4n) is 1.43. The Balaban J connectivity index is 2.67. The second-order valence-corrected chi connectivity index (χ2v) is 3.88. The molecule has 0 aliphatic rings. The van der Waals surface area contributed by atoms with E-state index in [4.69, 9.17) is 9.47 Å². The molecule has 1 aromatic carbocycles. The molecule has 0 unspecified atom stereocenters. The predicted molar refractivity (Wildman–Crippen MR) is 66.1 cm³/mol. The van der Waals surface area contributed by atoms with Gasteiger partial charge in [-0.15, -0.1) is 0 Å². The lowest BCUT2D eigenvalue weighted by molar-refractivity contribution is 0.354. The maximum absolute atomic E-state index is 5.26. The van der Waals surface area contributed by atoms with Crippen molar-refractivity contribution in [2.24, 2.45) is 0 Å². The number of hydrogen-bond donors (Lipinski definition) is 1. The van der Waals surface area contributed by atoms with E-state index in [1.54, 1.807) is 14.2 Å². The minimum Gasteiger partial charge on any atom is -0.493 e. The molecule has 0 spiro atoms. The Kier molecular flexibility index (Phi) is 5.12. The van der Waals surface area contributed by atoms with Crippen LogP contribution >= 0.6 is 0 Å². The fourth-order valence-corrected chi connectivity index (χ4v) is 1.43. The summed E-state index contributed by atoms with van der Waals surface area (Å²) in [6, 6.07) is 6.53. The van der Waals surface area contributed by atoms with Crippen molar-refractivity contribution < 1.29 is 9.47 Å². The van der Waals surface area contributed by atoms with E-state index in [9.17, 15) is 0 Å². The van der Waals surface area contributed by atoms with E-state index in [1.807, 2.05) is 12.1 Å². The number of methoxy groups -OCH3 is 2. The highest BCUT2D eigenvalue weighted by atomic mass is 16.5. The van der Waals surface area contributed by atoms with Crippen LogP contribution in [0.5, 0.6) is 11.5 Å². The van der Waals surface area contributed by atoms with Crippen LogP contribution in [0.4, 0.5) is 0 Å². The molecule has 1 aromatic rings. The highest BCUT2D eigenvalue weighted by Crippen LogP contribution is 2.27. The van der Waals surface area contributed by atoms with Gasteiger partial charge in [0.05, 0.1) is 14.2 Å². The van der Waals surface area contributed by atoms with Crippen LogP contribution in [0.1, 0.15) is 25.8 Å². The second kappa shape index (κ2) is 6.38. The first-order chi connectivity index (χ1) is 7.71. The Bertz CT molecular complexity index is 326. The molecule has 0 aromatic heterocycles. The van der Waals surface area contributed by atoms with Crippen LogP contribution in [0, 0.1) is 0 Å². The van der Waals surface area contributed by atoms with Crippen molar-refractivity contribution in [1.29, 1.82) is 0 Å². The van der Waals surface area contributed by atoms with Crippen LogP contribution in [0.2, 0.25) is 0 Å². The van der Waals surface area contributed by atoms with Gasteiger partial charge in [-0.3, -0.25) is 0 Å². The highest BCUT2D eigenvalue weighted by Gasteiger charge is 2.05. The third-order valence-electron chi connectivity index (χ3n) is 2.71. The van der Waals surface area contributed by atoms with Gasteiger partial charge in [-0.25, -0.2) is 0 Å². The van der Waals surface area contributed by atoms with Gasteiger partial charge >= 0.3 is 0 Å². The minimum absolute atomic E-state index is 0.535. The van der Waals surface area contributed by atoms with E-state index in [1.165, 1.54) is 5.56 Å². The standard InChI is InChI=1S/C13H21NO2/c1-5-10(2)14-9-11-6-7-12(15-3)13(8-11)16-4/h6-8,10,14H,5,9H2,1-4H3/t10-/m0/s1. The first-order valence-electron chi connectivity index (χ1n) is 5.65. The molecule has 0 fully saturated rings. The zero-order chi connectivity index (χ0) is 12.0. The summed E-state index contributed by atoms with van der Waals surface area (Å²) in [5.41, 5.74) is 1.21. The molecular formula is C13H21NO2. The fraction of sp³-hybridized carbons (Fsp3) is 0.538. The van der Waals surface area contributed by atoms with Crippen molar-refractivity contribution in [2.75, 3.05) is 14.2 Å². The van der Waals surface area contributed by atoms with E-state index >= 15 is 0 Å². The molecule has 0 bridgehead atoms. The van der Waals surface area contributed by atoms with Crippen molar-refractivity contribution in [3.8, 4) is 11.5 Å². The summed E-state index contributed by atoms with van der Waals surface area (Å²) in [6.45, 7) is 5.21. The van der Waals surface area contributed by atoms with E-state index < -0.39 is 0 Å². The van der Waals surface area contributed by atoms with E-state index in [0.717, 1.165) is 24.5 Å². The Labute approximate surface area is 97.8 Å². The molecular weight excluding hydrogens is 202 g/mol. The predicted octanol–water partition coefficient (Wildman–Crippen LogP) is 2.59. The average molecular weight is 223 g/mol. The summed E-state index contributed by atoms with van der Waals surface area (Å²) in [5, 5.41) is 3.44. The van der Waals surface area contributed by atoms with Gasteiger partial charge in [0.25, 0.3) is 0 Å². The molecule has 1 N–H and O–H groups in total. The summed E-state index contributed by atoms with van der Waals surface area (Å²) in [7, 11) is 3.30. The van der Waals surface area contributed by atoms with Gasteiger partial charge in [0.1, 0.15) is 0 Å². The first kappa shape index (κ1) is 12.8. The van der Waals surface area contributed by atoms with Crippen LogP contribution in [0.15, 0.2) is 18.2 Å².